The maximum absolute atomic E-state index is 12.3. The summed E-state index contributed by atoms with van der Waals surface area (Å²) in [5, 5.41) is 16.3. The van der Waals surface area contributed by atoms with E-state index in [0.717, 1.165) is 11.1 Å². The Kier molecular flexibility index (Phi) is 6.15. The Bertz CT molecular complexity index is 1160. The number of amides is 1. The fourth-order valence-electron chi connectivity index (χ4n) is 2.87. The highest BCUT2D eigenvalue weighted by atomic mass is 35.5. The lowest BCUT2D eigenvalue weighted by atomic mass is 10.2. The number of aryl methyl sites for hydroxylation is 1. The number of rotatable bonds is 7. The normalized spacial score (nSPS) is 10.9. The number of nitrogens with one attached hydrogen (secondary N) is 1. The predicted molar refractivity (Wildman–Crippen MR) is 117 cm³/mol. The van der Waals surface area contributed by atoms with Crippen molar-refractivity contribution in [2.24, 2.45) is 0 Å². The molecular formula is C21H18ClN5O2S. The third-order valence-electron chi connectivity index (χ3n) is 4.24. The number of benzene rings is 2. The molecule has 0 atom stereocenters. The van der Waals surface area contributed by atoms with Gasteiger partial charge in [0.2, 0.25) is 11.8 Å². The van der Waals surface area contributed by atoms with Crippen LogP contribution < -0.4 is 5.32 Å². The second-order valence-electron chi connectivity index (χ2n) is 6.53. The number of carbonyl (C=O) groups excluding carboxylic acids is 1. The van der Waals surface area contributed by atoms with Crippen molar-refractivity contribution in [3.8, 4) is 11.4 Å². The highest BCUT2D eigenvalue weighted by molar-refractivity contribution is 7.99. The second kappa shape index (κ2) is 9.15. The van der Waals surface area contributed by atoms with Gasteiger partial charge < -0.3 is 4.52 Å². The fraction of sp³-hybridized carbons (Fsp3) is 0.143. The van der Waals surface area contributed by atoms with E-state index in [1.165, 1.54) is 11.8 Å². The summed E-state index contributed by atoms with van der Waals surface area (Å²) in [6, 6.07) is 19.2. The van der Waals surface area contributed by atoms with Gasteiger partial charge in [0.25, 0.3) is 0 Å². The first-order chi connectivity index (χ1) is 14.6. The van der Waals surface area contributed by atoms with Crippen LogP contribution in [0.4, 0.5) is 5.88 Å². The molecule has 0 aliphatic heterocycles. The molecule has 7 nitrogen and oxygen atoms in total. The molecule has 0 bridgehead atoms. The lowest BCUT2D eigenvalue weighted by Gasteiger charge is -2.11. The third kappa shape index (κ3) is 4.72. The standard InChI is InChI=1S/C21H18ClN5O2S/c1-14-11-19(29-26-14)23-18(28)13-30-21-25-24-20(16-9-5-6-10-17(16)22)27(21)12-15-7-3-2-4-8-15/h2-11H,12-13H2,1H3,(H,23,28). The van der Waals surface area contributed by atoms with E-state index < -0.39 is 0 Å². The van der Waals surface area contributed by atoms with Crippen LogP contribution >= 0.6 is 23.4 Å². The topological polar surface area (TPSA) is 85.8 Å². The quantitative estimate of drug-likeness (QED) is 0.421. The van der Waals surface area contributed by atoms with E-state index >= 15 is 0 Å². The molecule has 0 aliphatic carbocycles. The highest BCUT2D eigenvalue weighted by Gasteiger charge is 2.18. The van der Waals surface area contributed by atoms with Gasteiger partial charge in [0.15, 0.2) is 11.0 Å². The summed E-state index contributed by atoms with van der Waals surface area (Å²) < 4.78 is 6.99. The number of aromatic nitrogens is 4. The van der Waals surface area contributed by atoms with Crippen LogP contribution in [0.15, 0.2) is 70.3 Å². The molecular weight excluding hydrogens is 422 g/mol. The Morgan fingerprint density at radius 1 is 1.13 bits per heavy atom. The average molecular weight is 440 g/mol. The zero-order valence-corrected chi connectivity index (χ0v) is 17.7. The summed E-state index contributed by atoms with van der Waals surface area (Å²) in [4.78, 5) is 12.3. The number of nitrogens with zero attached hydrogens (tertiary/aromatic N) is 4. The minimum Gasteiger partial charge on any atom is -0.338 e. The number of hydrogen-bond acceptors (Lipinski definition) is 6. The van der Waals surface area contributed by atoms with Gasteiger partial charge in [-0.15, -0.1) is 10.2 Å². The van der Waals surface area contributed by atoms with Crippen LogP contribution in [0, 0.1) is 6.92 Å². The largest absolute Gasteiger partial charge is 0.338 e. The molecule has 152 valence electrons. The molecule has 0 radical (unpaired) electrons. The molecule has 4 aromatic rings. The van der Waals surface area contributed by atoms with Crippen molar-refractivity contribution in [1.82, 2.24) is 19.9 Å². The summed E-state index contributed by atoms with van der Waals surface area (Å²) in [5.41, 5.74) is 2.58. The number of hydrogen-bond donors (Lipinski definition) is 1. The number of anilines is 1. The van der Waals surface area contributed by atoms with Crippen LogP contribution in [0.1, 0.15) is 11.3 Å². The molecule has 0 saturated heterocycles. The minimum absolute atomic E-state index is 0.148. The summed E-state index contributed by atoms with van der Waals surface area (Å²) >= 11 is 7.69. The van der Waals surface area contributed by atoms with Gasteiger partial charge in [-0.3, -0.25) is 14.7 Å². The van der Waals surface area contributed by atoms with Gasteiger partial charge in [0, 0.05) is 11.6 Å². The molecule has 2 aromatic heterocycles. The van der Waals surface area contributed by atoms with E-state index in [1.807, 2.05) is 59.2 Å². The summed E-state index contributed by atoms with van der Waals surface area (Å²) in [7, 11) is 0. The van der Waals surface area contributed by atoms with Gasteiger partial charge in [-0.05, 0) is 24.6 Å². The first-order valence-corrected chi connectivity index (χ1v) is 10.5. The van der Waals surface area contributed by atoms with Crippen molar-refractivity contribution in [1.29, 1.82) is 0 Å². The Morgan fingerprint density at radius 2 is 1.90 bits per heavy atom. The van der Waals surface area contributed by atoms with Crippen LogP contribution in [0.25, 0.3) is 11.4 Å². The van der Waals surface area contributed by atoms with Gasteiger partial charge >= 0.3 is 0 Å². The lowest BCUT2D eigenvalue weighted by molar-refractivity contribution is -0.113. The molecule has 0 saturated carbocycles. The summed E-state index contributed by atoms with van der Waals surface area (Å²) in [6.45, 7) is 2.34. The highest BCUT2D eigenvalue weighted by Crippen LogP contribution is 2.30. The van der Waals surface area contributed by atoms with Gasteiger partial charge in [-0.25, -0.2) is 0 Å². The van der Waals surface area contributed by atoms with Gasteiger partial charge in [-0.1, -0.05) is 71.0 Å². The number of carbonyl (C=O) groups is 1. The molecule has 1 amide bonds. The zero-order valence-electron chi connectivity index (χ0n) is 16.1. The Balaban J connectivity index is 1.57. The van der Waals surface area contributed by atoms with Crippen molar-refractivity contribution in [2.45, 2.75) is 18.6 Å². The number of thioether (sulfide) groups is 1. The Labute approximate surface area is 182 Å². The van der Waals surface area contributed by atoms with E-state index in [9.17, 15) is 4.79 Å². The minimum atomic E-state index is -0.218. The number of halogens is 1. The van der Waals surface area contributed by atoms with Crippen LogP contribution in [0.3, 0.4) is 0 Å². The van der Waals surface area contributed by atoms with Gasteiger partial charge in [0.1, 0.15) is 0 Å². The van der Waals surface area contributed by atoms with Crippen molar-refractivity contribution >= 4 is 35.2 Å². The Morgan fingerprint density at radius 3 is 2.63 bits per heavy atom. The van der Waals surface area contributed by atoms with Gasteiger partial charge in [0.05, 0.1) is 23.0 Å². The molecule has 30 heavy (non-hydrogen) atoms. The van der Waals surface area contributed by atoms with Gasteiger partial charge in [-0.2, -0.15) is 0 Å². The molecule has 2 aromatic carbocycles. The van der Waals surface area contributed by atoms with Crippen molar-refractivity contribution in [3.63, 3.8) is 0 Å². The Hall–Kier alpha value is -3.10. The molecule has 0 fully saturated rings. The summed E-state index contributed by atoms with van der Waals surface area (Å²) in [6.07, 6.45) is 0. The first kappa shape index (κ1) is 20.2. The van der Waals surface area contributed by atoms with E-state index in [2.05, 4.69) is 20.7 Å². The smallest absolute Gasteiger partial charge is 0.237 e. The van der Waals surface area contributed by atoms with Crippen LogP contribution in [-0.4, -0.2) is 31.6 Å². The molecule has 0 spiro atoms. The molecule has 4 rings (SSSR count). The second-order valence-corrected chi connectivity index (χ2v) is 7.88. The summed E-state index contributed by atoms with van der Waals surface area (Å²) in [5.74, 6) is 0.901. The molecule has 1 N–H and O–H groups in total. The van der Waals surface area contributed by atoms with E-state index in [4.69, 9.17) is 16.1 Å². The van der Waals surface area contributed by atoms with Crippen LogP contribution in [0.5, 0.6) is 0 Å². The van der Waals surface area contributed by atoms with E-state index in [0.29, 0.717) is 34.1 Å². The predicted octanol–water partition coefficient (Wildman–Crippen LogP) is 4.67. The van der Waals surface area contributed by atoms with E-state index in [-0.39, 0.29) is 11.7 Å². The molecule has 0 aliphatic rings. The van der Waals surface area contributed by atoms with Crippen molar-refractivity contribution < 1.29 is 9.32 Å². The van der Waals surface area contributed by atoms with Crippen LogP contribution in [-0.2, 0) is 11.3 Å². The van der Waals surface area contributed by atoms with Crippen molar-refractivity contribution in [2.75, 3.05) is 11.1 Å². The van der Waals surface area contributed by atoms with E-state index in [1.54, 1.807) is 13.0 Å². The zero-order chi connectivity index (χ0) is 20.9. The molecule has 9 heteroatoms. The fourth-order valence-corrected chi connectivity index (χ4v) is 3.83. The average Bonchev–Trinajstić information content (AvgIpc) is 3.33. The monoisotopic (exact) mass is 439 g/mol. The maximum Gasteiger partial charge on any atom is 0.237 e. The van der Waals surface area contributed by atoms with Crippen molar-refractivity contribution in [3.05, 3.63) is 76.9 Å². The van der Waals surface area contributed by atoms with Crippen LogP contribution in [0.2, 0.25) is 5.02 Å². The first-order valence-electron chi connectivity index (χ1n) is 9.18. The molecule has 2 heterocycles. The molecule has 0 unspecified atom stereocenters. The lowest BCUT2D eigenvalue weighted by Crippen LogP contribution is -2.14. The SMILES string of the molecule is Cc1cc(NC(=O)CSc2nnc(-c3ccccc3Cl)n2Cc2ccccc2)on1. The third-order valence-corrected chi connectivity index (χ3v) is 5.53. The maximum atomic E-state index is 12.3.